The van der Waals surface area contributed by atoms with E-state index in [1.807, 2.05) is 43.3 Å². The highest BCUT2D eigenvalue weighted by atomic mass is 127. The second kappa shape index (κ2) is 11.0. The third-order valence-electron chi connectivity index (χ3n) is 5.48. The van der Waals surface area contributed by atoms with Crippen LogP contribution in [0.1, 0.15) is 12.0 Å². The largest absolute Gasteiger partial charge is 0.363 e. The van der Waals surface area contributed by atoms with Gasteiger partial charge < -0.3 is 20.4 Å². The molecule has 0 amide bonds. The molecule has 1 unspecified atom stereocenters. The van der Waals surface area contributed by atoms with Crippen LogP contribution in [0.15, 0.2) is 53.7 Å². The van der Waals surface area contributed by atoms with Gasteiger partial charge in [-0.2, -0.15) is 0 Å². The smallest absolute Gasteiger partial charge is 0.191 e. The molecule has 1 saturated heterocycles. The Labute approximate surface area is 211 Å². The van der Waals surface area contributed by atoms with Crippen molar-refractivity contribution in [2.45, 2.75) is 19.0 Å². The van der Waals surface area contributed by atoms with E-state index in [0.717, 1.165) is 48.0 Å². The van der Waals surface area contributed by atoms with Crippen LogP contribution >= 0.6 is 35.6 Å². The van der Waals surface area contributed by atoms with Crippen molar-refractivity contribution in [1.29, 1.82) is 0 Å². The predicted molar refractivity (Wildman–Crippen MR) is 145 cm³/mol. The molecule has 1 aromatic carbocycles. The maximum Gasteiger partial charge on any atom is 0.191 e. The number of nitrogens with one attached hydrogen (secondary N) is 2. The van der Waals surface area contributed by atoms with Gasteiger partial charge in [-0.1, -0.05) is 29.8 Å². The highest BCUT2D eigenvalue weighted by Crippen LogP contribution is 2.26. The quantitative estimate of drug-likeness (QED) is 0.278. The minimum atomic E-state index is 0. The molecular weight excluding hydrogens is 537 g/mol. The Balaban J connectivity index is 0.00000289. The van der Waals surface area contributed by atoms with E-state index in [0.29, 0.717) is 11.6 Å². The molecule has 3 aromatic rings. The molecule has 32 heavy (non-hydrogen) atoms. The molecule has 3 heterocycles. The molecule has 0 bridgehead atoms. The molecule has 7 nitrogen and oxygen atoms in total. The third-order valence-corrected chi connectivity index (χ3v) is 5.78. The number of nitrogens with zero attached hydrogens (tertiary/aromatic N) is 5. The minimum Gasteiger partial charge on any atom is -0.363 e. The number of hydrogen-bond acceptors (Lipinski definition) is 5. The number of aliphatic imine (C=N–C) groups is 1. The molecule has 1 fully saturated rings. The van der Waals surface area contributed by atoms with Crippen LogP contribution in [0.2, 0.25) is 5.02 Å². The first-order chi connectivity index (χ1) is 15.0. The average Bonchev–Trinajstić information content (AvgIpc) is 3.24. The Bertz CT molecular complexity index is 1090. The molecule has 9 heteroatoms. The van der Waals surface area contributed by atoms with Crippen molar-refractivity contribution in [2.24, 2.45) is 4.99 Å². The summed E-state index contributed by atoms with van der Waals surface area (Å²) in [6.07, 6.45) is 2.78. The maximum atomic E-state index is 6.32. The number of benzene rings is 1. The van der Waals surface area contributed by atoms with Crippen LogP contribution in [0.4, 0.5) is 11.6 Å². The van der Waals surface area contributed by atoms with Crippen molar-refractivity contribution in [3.05, 3.63) is 59.2 Å². The second-order valence-corrected chi connectivity index (χ2v) is 8.27. The Morgan fingerprint density at radius 2 is 2.06 bits per heavy atom. The summed E-state index contributed by atoms with van der Waals surface area (Å²) >= 11 is 6.32. The highest BCUT2D eigenvalue weighted by Gasteiger charge is 2.25. The van der Waals surface area contributed by atoms with Gasteiger partial charge in [-0.15, -0.1) is 24.0 Å². The van der Waals surface area contributed by atoms with Gasteiger partial charge in [0.2, 0.25) is 0 Å². The van der Waals surface area contributed by atoms with Gasteiger partial charge >= 0.3 is 0 Å². The number of hydrogen-bond donors (Lipinski definition) is 2. The third kappa shape index (κ3) is 5.53. The topological polar surface area (TPSA) is 68.7 Å². The molecular formula is C23H29ClIN7. The van der Waals surface area contributed by atoms with Gasteiger partial charge in [0.15, 0.2) is 5.96 Å². The number of guanidine groups is 1. The Hall–Kier alpha value is -2.33. The van der Waals surface area contributed by atoms with Gasteiger partial charge in [-0.25, -0.2) is 9.97 Å². The summed E-state index contributed by atoms with van der Waals surface area (Å²) in [5.41, 5.74) is 2.18. The Kier molecular flexibility index (Phi) is 8.36. The Morgan fingerprint density at radius 3 is 2.81 bits per heavy atom. The van der Waals surface area contributed by atoms with E-state index in [1.54, 1.807) is 13.2 Å². The lowest BCUT2D eigenvalue weighted by molar-refractivity contribution is 0.648. The van der Waals surface area contributed by atoms with Gasteiger partial charge in [0.05, 0.1) is 10.5 Å². The van der Waals surface area contributed by atoms with E-state index in [9.17, 15) is 0 Å². The second-order valence-electron chi connectivity index (χ2n) is 7.86. The molecule has 4 rings (SSSR count). The highest BCUT2D eigenvalue weighted by molar-refractivity contribution is 14.0. The van der Waals surface area contributed by atoms with Crippen LogP contribution in [0.25, 0.3) is 10.9 Å². The number of para-hydroxylation sites is 1. The van der Waals surface area contributed by atoms with E-state index in [1.165, 1.54) is 5.56 Å². The molecule has 1 atom stereocenters. The lowest BCUT2D eigenvalue weighted by Crippen LogP contribution is -2.44. The first-order valence-electron chi connectivity index (χ1n) is 10.4. The van der Waals surface area contributed by atoms with E-state index < -0.39 is 0 Å². The SMILES string of the molecule is CN=C(NCc1cc(N(C)C)nc2ccccc12)NC1CCN(c2ncccc2Cl)C1.I. The average molecular weight is 566 g/mol. The van der Waals surface area contributed by atoms with Crippen LogP contribution in [-0.4, -0.2) is 56.2 Å². The van der Waals surface area contributed by atoms with E-state index in [2.05, 4.69) is 43.7 Å². The molecule has 2 N–H and O–H groups in total. The molecule has 2 aromatic heterocycles. The number of halogens is 2. The van der Waals surface area contributed by atoms with Crippen molar-refractivity contribution in [3.63, 3.8) is 0 Å². The standard InChI is InChI=1S/C23H28ClN7.HI/c1-25-23(28-17-10-12-31(15-17)22-19(24)8-6-11-26-22)27-14-16-13-21(30(2)3)29-20-9-5-4-7-18(16)20;/h4-9,11,13,17H,10,12,14-15H2,1-3H3,(H2,25,27,28);1H. The summed E-state index contributed by atoms with van der Waals surface area (Å²) in [4.78, 5) is 17.8. The van der Waals surface area contributed by atoms with Gasteiger partial charge in [-0.05, 0) is 36.2 Å². The summed E-state index contributed by atoms with van der Waals surface area (Å²) in [5.74, 6) is 2.57. The van der Waals surface area contributed by atoms with Crippen LogP contribution in [0.5, 0.6) is 0 Å². The zero-order valence-electron chi connectivity index (χ0n) is 18.5. The van der Waals surface area contributed by atoms with Crippen LogP contribution in [-0.2, 0) is 6.54 Å². The molecule has 0 radical (unpaired) electrons. The monoisotopic (exact) mass is 565 g/mol. The first-order valence-corrected chi connectivity index (χ1v) is 10.8. The molecule has 0 spiro atoms. The summed E-state index contributed by atoms with van der Waals surface area (Å²) in [7, 11) is 5.82. The van der Waals surface area contributed by atoms with Crippen molar-refractivity contribution >= 4 is 64.1 Å². The molecule has 1 aliphatic rings. The molecule has 0 saturated carbocycles. The summed E-state index contributed by atoms with van der Waals surface area (Å²) in [5, 5.41) is 8.84. The van der Waals surface area contributed by atoms with Crippen LogP contribution in [0, 0.1) is 0 Å². The first kappa shape index (κ1) is 24.3. The lowest BCUT2D eigenvalue weighted by atomic mass is 10.1. The zero-order chi connectivity index (χ0) is 21.8. The van der Waals surface area contributed by atoms with E-state index >= 15 is 0 Å². The number of fused-ring (bicyclic) bond motifs is 1. The zero-order valence-corrected chi connectivity index (χ0v) is 21.6. The molecule has 0 aliphatic carbocycles. The van der Waals surface area contributed by atoms with E-state index in [4.69, 9.17) is 16.6 Å². The molecule has 1 aliphatic heterocycles. The number of aromatic nitrogens is 2. The summed E-state index contributed by atoms with van der Waals surface area (Å²) in [6.45, 7) is 2.40. The predicted octanol–water partition coefficient (Wildman–Crippen LogP) is 3.91. The fourth-order valence-corrected chi connectivity index (χ4v) is 4.10. The lowest BCUT2D eigenvalue weighted by Gasteiger charge is -2.21. The van der Waals surface area contributed by atoms with Crippen molar-refractivity contribution in [2.75, 3.05) is 44.0 Å². The molecule has 170 valence electrons. The normalized spacial score (nSPS) is 16.1. The number of pyridine rings is 2. The van der Waals surface area contributed by atoms with Gasteiger partial charge in [0, 0.05) is 58.4 Å². The maximum absolute atomic E-state index is 6.32. The number of rotatable bonds is 5. The number of anilines is 2. The van der Waals surface area contributed by atoms with Crippen LogP contribution in [0.3, 0.4) is 0 Å². The fourth-order valence-electron chi connectivity index (χ4n) is 3.85. The van der Waals surface area contributed by atoms with Crippen molar-refractivity contribution < 1.29 is 0 Å². The van der Waals surface area contributed by atoms with Gasteiger partial charge in [0.1, 0.15) is 11.6 Å². The van der Waals surface area contributed by atoms with Crippen molar-refractivity contribution in [1.82, 2.24) is 20.6 Å². The van der Waals surface area contributed by atoms with Gasteiger partial charge in [0.25, 0.3) is 0 Å². The van der Waals surface area contributed by atoms with E-state index in [-0.39, 0.29) is 30.0 Å². The Morgan fingerprint density at radius 1 is 1.25 bits per heavy atom. The van der Waals surface area contributed by atoms with Crippen molar-refractivity contribution in [3.8, 4) is 0 Å². The van der Waals surface area contributed by atoms with Crippen LogP contribution < -0.4 is 20.4 Å². The fraction of sp³-hybridized carbons (Fsp3) is 0.348. The van der Waals surface area contributed by atoms with Gasteiger partial charge in [-0.3, -0.25) is 4.99 Å². The summed E-state index contributed by atoms with van der Waals surface area (Å²) < 4.78 is 0. The minimum absolute atomic E-state index is 0. The summed E-state index contributed by atoms with van der Waals surface area (Å²) in [6, 6.07) is 14.4.